The van der Waals surface area contributed by atoms with Gasteiger partial charge in [0.15, 0.2) is 0 Å². The van der Waals surface area contributed by atoms with Crippen molar-refractivity contribution in [3.05, 3.63) is 72.1 Å². The molecule has 3 rings (SSSR count). The highest BCUT2D eigenvalue weighted by atomic mass is 16.6. The van der Waals surface area contributed by atoms with Gasteiger partial charge in [0.25, 0.3) is 5.91 Å². The van der Waals surface area contributed by atoms with E-state index in [-0.39, 0.29) is 18.6 Å². The van der Waals surface area contributed by atoms with Gasteiger partial charge in [0.05, 0.1) is 12.8 Å². The summed E-state index contributed by atoms with van der Waals surface area (Å²) in [5, 5.41) is 9.26. The molecular weight excluding hydrogens is 316 g/mol. The van der Waals surface area contributed by atoms with Gasteiger partial charge < -0.3 is 10.0 Å². The van der Waals surface area contributed by atoms with Crippen molar-refractivity contribution in [1.82, 2.24) is 10.4 Å². The van der Waals surface area contributed by atoms with E-state index in [0.717, 1.165) is 16.8 Å². The first-order chi connectivity index (χ1) is 12.2. The van der Waals surface area contributed by atoms with Gasteiger partial charge in [-0.2, -0.15) is 0 Å². The van der Waals surface area contributed by atoms with Crippen LogP contribution in [0.4, 0.5) is 0 Å². The van der Waals surface area contributed by atoms with Crippen molar-refractivity contribution in [3.63, 3.8) is 0 Å². The number of carbonyl (C=O) groups excluding carboxylic acids is 1. The number of nitrogens with zero attached hydrogens (tertiary/aromatic N) is 1. The smallest absolute Gasteiger partial charge is 0.258 e. The molecule has 130 valence electrons. The van der Waals surface area contributed by atoms with Crippen LogP contribution < -0.4 is 5.48 Å². The Bertz CT molecular complexity index is 741. The van der Waals surface area contributed by atoms with E-state index in [0.29, 0.717) is 18.4 Å². The number of hydrogen-bond donors (Lipinski definition) is 2. The van der Waals surface area contributed by atoms with Crippen molar-refractivity contribution >= 4 is 5.91 Å². The number of rotatable bonds is 6. The van der Waals surface area contributed by atoms with E-state index < -0.39 is 0 Å². The highest BCUT2D eigenvalue weighted by Gasteiger charge is 2.29. The van der Waals surface area contributed by atoms with Crippen molar-refractivity contribution in [3.8, 4) is 11.1 Å². The van der Waals surface area contributed by atoms with Crippen molar-refractivity contribution in [2.24, 2.45) is 0 Å². The number of aliphatic hydroxyl groups is 1. The lowest BCUT2D eigenvalue weighted by molar-refractivity contribution is 0.0766. The maximum atomic E-state index is 12.9. The van der Waals surface area contributed by atoms with Crippen LogP contribution in [0.1, 0.15) is 23.2 Å². The zero-order valence-electron chi connectivity index (χ0n) is 14.2. The maximum Gasteiger partial charge on any atom is 0.258 e. The Morgan fingerprint density at radius 2 is 1.84 bits per heavy atom. The summed E-state index contributed by atoms with van der Waals surface area (Å²) >= 11 is 0. The minimum Gasteiger partial charge on any atom is -0.396 e. The Hall–Kier alpha value is -2.63. The van der Waals surface area contributed by atoms with Gasteiger partial charge in [-0.1, -0.05) is 42.5 Å². The first-order valence-electron chi connectivity index (χ1n) is 8.31. The number of hydrogen-bond acceptors (Lipinski definition) is 4. The van der Waals surface area contributed by atoms with Crippen LogP contribution in [-0.4, -0.2) is 35.7 Å². The minimum atomic E-state index is -0.0778. The molecule has 0 spiro atoms. The number of hydroxylamine groups is 1. The molecule has 0 fully saturated rings. The molecule has 1 atom stereocenters. The van der Waals surface area contributed by atoms with Crippen LogP contribution in [-0.2, 0) is 4.84 Å². The molecule has 1 aliphatic rings. The molecule has 1 amide bonds. The van der Waals surface area contributed by atoms with Crippen LogP contribution in [0.3, 0.4) is 0 Å². The lowest BCUT2D eigenvalue weighted by atomic mass is 10.0. The molecule has 1 unspecified atom stereocenters. The van der Waals surface area contributed by atoms with Gasteiger partial charge in [-0.05, 0) is 29.7 Å². The van der Waals surface area contributed by atoms with E-state index in [1.807, 2.05) is 54.6 Å². The summed E-state index contributed by atoms with van der Waals surface area (Å²) < 4.78 is 0. The second kappa shape index (κ2) is 7.96. The molecule has 0 aromatic heterocycles. The molecule has 5 heteroatoms. The van der Waals surface area contributed by atoms with Crippen molar-refractivity contribution in [2.45, 2.75) is 18.9 Å². The summed E-state index contributed by atoms with van der Waals surface area (Å²) in [7, 11) is 1.54. The number of amides is 1. The van der Waals surface area contributed by atoms with E-state index >= 15 is 0 Å². The molecule has 2 aromatic carbocycles. The van der Waals surface area contributed by atoms with Crippen LogP contribution in [0.5, 0.6) is 0 Å². The van der Waals surface area contributed by atoms with Gasteiger partial charge >= 0.3 is 0 Å². The number of nitrogens with one attached hydrogen (secondary N) is 1. The van der Waals surface area contributed by atoms with Gasteiger partial charge in [0.2, 0.25) is 0 Å². The van der Waals surface area contributed by atoms with E-state index in [1.54, 1.807) is 11.1 Å². The Morgan fingerprint density at radius 1 is 1.16 bits per heavy atom. The summed E-state index contributed by atoms with van der Waals surface area (Å²) in [5.41, 5.74) is 6.43. The number of carbonyl (C=O) groups is 1. The third-order valence-corrected chi connectivity index (χ3v) is 4.31. The predicted octanol–water partition coefficient (Wildman–Crippen LogP) is 2.94. The van der Waals surface area contributed by atoms with Gasteiger partial charge in [0.1, 0.15) is 0 Å². The van der Waals surface area contributed by atoms with E-state index in [1.165, 1.54) is 7.11 Å². The van der Waals surface area contributed by atoms with Crippen molar-refractivity contribution < 1.29 is 14.7 Å². The van der Waals surface area contributed by atoms with Gasteiger partial charge in [-0.25, -0.2) is 0 Å². The molecule has 5 nitrogen and oxygen atoms in total. The molecule has 1 heterocycles. The second-order valence-corrected chi connectivity index (χ2v) is 5.99. The average molecular weight is 338 g/mol. The quantitative estimate of drug-likeness (QED) is 0.795. The molecule has 2 aromatic rings. The molecule has 0 aliphatic carbocycles. The Kier molecular flexibility index (Phi) is 5.48. The Labute approximate surface area is 147 Å². The monoisotopic (exact) mass is 338 g/mol. The summed E-state index contributed by atoms with van der Waals surface area (Å²) in [6, 6.07) is 17.6. The van der Waals surface area contributed by atoms with Crippen LogP contribution >= 0.6 is 0 Å². The van der Waals surface area contributed by atoms with Crippen LogP contribution in [0.2, 0.25) is 0 Å². The molecule has 25 heavy (non-hydrogen) atoms. The second-order valence-electron chi connectivity index (χ2n) is 5.99. The first kappa shape index (κ1) is 17.2. The Morgan fingerprint density at radius 3 is 2.48 bits per heavy atom. The molecule has 2 N–H and O–H groups in total. The molecule has 1 aliphatic heterocycles. The zero-order chi connectivity index (χ0) is 17.6. The van der Waals surface area contributed by atoms with E-state index in [4.69, 9.17) is 4.84 Å². The highest BCUT2D eigenvalue weighted by Crippen LogP contribution is 2.26. The predicted molar refractivity (Wildman–Crippen MR) is 96.4 cm³/mol. The summed E-state index contributed by atoms with van der Waals surface area (Å²) in [6.07, 6.45) is 2.93. The lowest BCUT2D eigenvalue weighted by Crippen LogP contribution is -2.33. The molecule has 0 saturated carbocycles. The fraction of sp³-hybridized carbons (Fsp3) is 0.250. The largest absolute Gasteiger partial charge is 0.396 e. The van der Waals surface area contributed by atoms with Crippen LogP contribution in [0, 0.1) is 0 Å². The lowest BCUT2D eigenvalue weighted by Gasteiger charge is -2.23. The summed E-state index contributed by atoms with van der Waals surface area (Å²) in [6.45, 7) is 0.0372. The summed E-state index contributed by atoms with van der Waals surface area (Å²) in [5.74, 6) is -0.0778. The van der Waals surface area contributed by atoms with Crippen molar-refractivity contribution in [1.29, 1.82) is 0 Å². The Balaban J connectivity index is 1.79. The number of aliphatic hydroxyl groups excluding tert-OH is 1. The zero-order valence-corrected chi connectivity index (χ0v) is 14.2. The fourth-order valence-corrected chi connectivity index (χ4v) is 3.08. The molecule has 0 saturated heterocycles. The molecular formula is C20H22N2O3. The van der Waals surface area contributed by atoms with Crippen molar-refractivity contribution in [2.75, 3.05) is 13.7 Å². The third kappa shape index (κ3) is 3.90. The fourth-order valence-electron chi connectivity index (χ4n) is 3.08. The number of benzene rings is 2. The van der Waals surface area contributed by atoms with Crippen LogP contribution in [0.15, 0.2) is 66.5 Å². The summed E-state index contributed by atoms with van der Waals surface area (Å²) in [4.78, 5) is 19.5. The average Bonchev–Trinajstić information content (AvgIpc) is 3.05. The highest BCUT2D eigenvalue weighted by molar-refractivity contribution is 5.96. The molecule has 0 radical (unpaired) electrons. The standard InChI is InChI=1S/C20H22N2O3/c1-25-21-18-13-19(11-12-23)22(14-18)20(24)17-9-7-16(8-10-17)15-5-3-2-4-6-15/h2-10,14,19,21,23H,11-13H2,1H3. The van der Waals surface area contributed by atoms with E-state index in [2.05, 4.69) is 5.48 Å². The van der Waals surface area contributed by atoms with Gasteiger partial charge in [-0.3, -0.25) is 15.1 Å². The molecule has 0 bridgehead atoms. The van der Waals surface area contributed by atoms with Gasteiger partial charge in [0, 0.05) is 30.8 Å². The topological polar surface area (TPSA) is 61.8 Å². The third-order valence-electron chi connectivity index (χ3n) is 4.31. The van der Waals surface area contributed by atoms with Crippen LogP contribution in [0.25, 0.3) is 11.1 Å². The van der Waals surface area contributed by atoms with Gasteiger partial charge in [-0.15, -0.1) is 0 Å². The maximum absolute atomic E-state index is 12.9. The van der Waals surface area contributed by atoms with E-state index in [9.17, 15) is 9.90 Å². The normalized spacial score (nSPS) is 16.6. The SMILES string of the molecule is CONC1=CN(C(=O)c2ccc(-c3ccccc3)cc2)C(CCO)C1. The minimum absolute atomic E-state index is 0.0372. The first-order valence-corrected chi connectivity index (χ1v) is 8.31.